The van der Waals surface area contributed by atoms with Crippen LogP contribution < -0.4 is 5.32 Å². The van der Waals surface area contributed by atoms with Gasteiger partial charge in [0.25, 0.3) is 0 Å². The lowest BCUT2D eigenvalue weighted by molar-refractivity contribution is -0.124. The number of carbonyl (C=O) groups excluding carboxylic acids is 1. The number of hydrogen-bond donors (Lipinski definition) is 1. The lowest BCUT2D eigenvalue weighted by Gasteiger charge is -2.32. The summed E-state index contributed by atoms with van der Waals surface area (Å²) in [5.41, 5.74) is 0.491. The molecule has 1 saturated heterocycles. The van der Waals surface area contributed by atoms with E-state index in [1.54, 1.807) is 6.92 Å². The van der Waals surface area contributed by atoms with Crippen molar-refractivity contribution in [1.29, 1.82) is 0 Å². The molecule has 1 aliphatic heterocycles. The molecule has 0 amide bonds. The summed E-state index contributed by atoms with van der Waals surface area (Å²) in [6.07, 6.45) is 2.08. The van der Waals surface area contributed by atoms with Gasteiger partial charge in [0.1, 0.15) is 0 Å². The maximum Gasteiger partial charge on any atom is 0.165 e. The summed E-state index contributed by atoms with van der Waals surface area (Å²) in [5, 5.41) is 3.25. The number of piperidine rings is 1. The summed E-state index contributed by atoms with van der Waals surface area (Å²) >= 11 is 0. The highest BCUT2D eigenvalue weighted by Gasteiger charge is 2.34. The van der Waals surface area contributed by atoms with Crippen LogP contribution in [0.1, 0.15) is 26.7 Å². The average Bonchev–Trinajstić information content (AvgIpc) is 2.04. The lowest BCUT2D eigenvalue weighted by atomic mass is 9.77. The van der Waals surface area contributed by atoms with Crippen LogP contribution in [-0.4, -0.2) is 18.9 Å². The fourth-order valence-electron chi connectivity index (χ4n) is 1.77. The second-order valence-corrected chi connectivity index (χ2v) is 3.95. The van der Waals surface area contributed by atoms with E-state index in [9.17, 15) is 4.79 Å². The fraction of sp³-hybridized carbons (Fsp3) is 0.700. The van der Waals surface area contributed by atoms with Gasteiger partial charge in [0.15, 0.2) is 5.78 Å². The van der Waals surface area contributed by atoms with E-state index in [0.717, 1.165) is 25.9 Å². The maximum absolute atomic E-state index is 11.7. The van der Waals surface area contributed by atoms with Gasteiger partial charge in [0.2, 0.25) is 0 Å². The van der Waals surface area contributed by atoms with Crippen LogP contribution in [-0.2, 0) is 4.79 Å². The Bertz CT molecular complexity index is 202. The number of carbonyl (C=O) groups is 1. The molecule has 0 aromatic rings. The van der Waals surface area contributed by atoms with Gasteiger partial charge in [-0.2, -0.15) is 0 Å². The monoisotopic (exact) mass is 167 g/mol. The summed E-state index contributed by atoms with van der Waals surface area (Å²) in [6, 6.07) is 0. The minimum Gasteiger partial charge on any atom is -0.316 e. The van der Waals surface area contributed by atoms with Gasteiger partial charge in [0, 0.05) is 12.0 Å². The Morgan fingerprint density at radius 1 is 1.58 bits per heavy atom. The van der Waals surface area contributed by atoms with E-state index in [1.807, 2.05) is 6.92 Å². The van der Waals surface area contributed by atoms with Crippen molar-refractivity contribution in [2.45, 2.75) is 26.7 Å². The zero-order chi connectivity index (χ0) is 9.19. The largest absolute Gasteiger partial charge is 0.316 e. The van der Waals surface area contributed by atoms with E-state index in [0.29, 0.717) is 5.57 Å². The minimum atomic E-state index is -0.190. The first-order chi connectivity index (χ1) is 5.56. The molecule has 2 heteroatoms. The Kier molecular flexibility index (Phi) is 2.68. The molecule has 0 aromatic carbocycles. The Hall–Kier alpha value is -0.630. The van der Waals surface area contributed by atoms with Crippen molar-refractivity contribution >= 4 is 5.78 Å². The third kappa shape index (κ3) is 1.75. The van der Waals surface area contributed by atoms with E-state index < -0.39 is 0 Å². The van der Waals surface area contributed by atoms with Gasteiger partial charge in [-0.1, -0.05) is 13.5 Å². The SMILES string of the molecule is C=C(C)C(=O)C1(C)CCCNC1. The van der Waals surface area contributed by atoms with Crippen molar-refractivity contribution in [1.82, 2.24) is 5.32 Å². The second-order valence-electron chi connectivity index (χ2n) is 3.95. The second kappa shape index (κ2) is 3.40. The van der Waals surface area contributed by atoms with Crippen molar-refractivity contribution in [2.24, 2.45) is 5.41 Å². The maximum atomic E-state index is 11.7. The van der Waals surface area contributed by atoms with E-state index in [4.69, 9.17) is 0 Å². The van der Waals surface area contributed by atoms with Gasteiger partial charge in [-0.15, -0.1) is 0 Å². The van der Waals surface area contributed by atoms with Crippen molar-refractivity contribution in [3.63, 3.8) is 0 Å². The van der Waals surface area contributed by atoms with Crippen LogP contribution in [0, 0.1) is 5.41 Å². The summed E-state index contributed by atoms with van der Waals surface area (Å²) in [6.45, 7) is 9.36. The van der Waals surface area contributed by atoms with Gasteiger partial charge in [-0.05, 0) is 31.9 Å². The number of allylic oxidation sites excluding steroid dienone is 1. The molecule has 1 N–H and O–H groups in total. The molecule has 0 bridgehead atoms. The third-order valence-electron chi connectivity index (χ3n) is 2.53. The van der Waals surface area contributed by atoms with E-state index >= 15 is 0 Å². The van der Waals surface area contributed by atoms with Crippen LogP contribution in [0.25, 0.3) is 0 Å². The van der Waals surface area contributed by atoms with Crippen molar-refractivity contribution in [2.75, 3.05) is 13.1 Å². The number of Topliss-reactive ketones (excluding diaryl/α,β-unsaturated/α-hetero) is 1. The minimum absolute atomic E-state index is 0.190. The van der Waals surface area contributed by atoms with E-state index in [1.165, 1.54) is 0 Å². The molecule has 0 aromatic heterocycles. The number of nitrogens with one attached hydrogen (secondary N) is 1. The zero-order valence-electron chi connectivity index (χ0n) is 7.94. The molecule has 0 spiro atoms. The van der Waals surface area contributed by atoms with Crippen molar-refractivity contribution < 1.29 is 4.79 Å². The Balaban J connectivity index is 2.69. The van der Waals surface area contributed by atoms with Crippen LogP contribution in [0.2, 0.25) is 0 Å². The zero-order valence-corrected chi connectivity index (χ0v) is 7.94. The molecule has 12 heavy (non-hydrogen) atoms. The Morgan fingerprint density at radius 2 is 2.25 bits per heavy atom. The van der Waals surface area contributed by atoms with E-state index in [-0.39, 0.29) is 11.2 Å². The van der Waals surface area contributed by atoms with Crippen LogP contribution >= 0.6 is 0 Å². The smallest absolute Gasteiger partial charge is 0.165 e. The molecular weight excluding hydrogens is 150 g/mol. The summed E-state index contributed by atoms with van der Waals surface area (Å²) in [7, 11) is 0. The summed E-state index contributed by atoms with van der Waals surface area (Å²) < 4.78 is 0. The van der Waals surface area contributed by atoms with Crippen LogP contribution in [0.4, 0.5) is 0 Å². The topological polar surface area (TPSA) is 29.1 Å². The third-order valence-corrected chi connectivity index (χ3v) is 2.53. The molecule has 68 valence electrons. The highest BCUT2D eigenvalue weighted by molar-refractivity contribution is 5.98. The summed E-state index contributed by atoms with van der Waals surface area (Å²) in [4.78, 5) is 11.7. The number of rotatable bonds is 2. The lowest BCUT2D eigenvalue weighted by Crippen LogP contribution is -2.43. The van der Waals surface area contributed by atoms with Crippen LogP contribution in [0.15, 0.2) is 12.2 Å². The standard InChI is InChI=1S/C10H17NO/c1-8(2)9(12)10(3)5-4-6-11-7-10/h11H,1,4-7H2,2-3H3. The van der Waals surface area contributed by atoms with E-state index in [2.05, 4.69) is 11.9 Å². The van der Waals surface area contributed by atoms with Crippen molar-refractivity contribution in [3.8, 4) is 0 Å². The molecule has 0 aliphatic carbocycles. The summed E-state index contributed by atoms with van der Waals surface area (Å²) in [5.74, 6) is 0.217. The molecule has 0 radical (unpaired) electrons. The van der Waals surface area contributed by atoms with Crippen LogP contribution in [0.3, 0.4) is 0 Å². The van der Waals surface area contributed by atoms with Gasteiger partial charge in [0.05, 0.1) is 0 Å². The number of ketones is 1. The van der Waals surface area contributed by atoms with Gasteiger partial charge in [-0.3, -0.25) is 4.79 Å². The first-order valence-corrected chi connectivity index (χ1v) is 4.47. The van der Waals surface area contributed by atoms with Crippen LogP contribution in [0.5, 0.6) is 0 Å². The molecule has 1 unspecified atom stereocenters. The molecule has 1 atom stereocenters. The highest BCUT2D eigenvalue weighted by Crippen LogP contribution is 2.28. The first kappa shape index (κ1) is 9.46. The molecule has 1 heterocycles. The normalized spacial score (nSPS) is 29.8. The molecule has 1 rings (SSSR count). The number of hydrogen-bond acceptors (Lipinski definition) is 2. The van der Waals surface area contributed by atoms with Gasteiger partial charge < -0.3 is 5.32 Å². The Labute approximate surface area is 74.0 Å². The average molecular weight is 167 g/mol. The fourth-order valence-corrected chi connectivity index (χ4v) is 1.77. The molecule has 1 fully saturated rings. The highest BCUT2D eigenvalue weighted by atomic mass is 16.1. The predicted molar refractivity (Wildman–Crippen MR) is 50.0 cm³/mol. The first-order valence-electron chi connectivity index (χ1n) is 4.47. The molecule has 2 nitrogen and oxygen atoms in total. The molecular formula is C10H17NO. The quantitative estimate of drug-likeness (QED) is 0.632. The molecule has 0 saturated carbocycles. The Morgan fingerprint density at radius 3 is 2.67 bits per heavy atom. The molecule has 1 aliphatic rings. The van der Waals surface area contributed by atoms with Gasteiger partial charge >= 0.3 is 0 Å². The predicted octanol–water partition coefficient (Wildman–Crippen LogP) is 1.52. The van der Waals surface area contributed by atoms with Crippen molar-refractivity contribution in [3.05, 3.63) is 12.2 Å². The van der Waals surface area contributed by atoms with Gasteiger partial charge in [-0.25, -0.2) is 0 Å².